The van der Waals surface area contributed by atoms with E-state index < -0.39 is 22.5 Å². The second kappa shape index (κ2) is 5.59. The number of unbranched alkanes of at least 4 members (excludes halogenated alkanes) is 1. The van der Waals surface area contributed by atoms with E-state index in [0.717, 1.165) is 22.0 Å². The van der Waals surface area contributed by atoms with Gasteiger partial charge in [-0.15, -0.1) is 0 Å². The Labute approximate surface area is 135 Å². The molecule has 3 rings (SSSR count). The van der Waals surface area contributed by atoms with Crippen molar-refractivity contribution in [3.8, 4) is 11.4 Å². The largest absolute Gasteiger partial charge is 0.352 e. The summed E-state index contributed by atoms with van der Waals surface area (Å²) in [4.78, 5) is 55.3. The third kappa shape index (κ3) is 2.20. The van der Waals surface area contributed by atoms with Crippen molar-refractivity contribution in [3.63, 3.8) is 0 Å². The second-order valence-corrected chi connectivity index (χ2v) is 5.70. The van der Waals surface area contributed by atoms with Crippen LogP contribution in [0, 0.1) is 0 Å². The van der Waals surface area contributed by atoms with Gasteiger partial charge in [0.1, 0.15) is 5.65 Å². The summed E-state index contributed by atoms with van der Waals surface area (Å²) in [6, 6.07) is 1.39. The number of rotatable bonds is 3. The van der Waals surface area contributed by atoms with Gasteiger partial charge in [-0.05, 0) is 12.5 Å². The average molecular weight is 331 g/mol. The van der Waals surface area contributed by atoms with Crippen LogP contribution in [0.3, 0.4) is 0 Å². The molecule has 0 saturated carbocycles. The molecule has 1 N–H and O–H groups in total. The molecule has 0 unspecified atom stereocenters. The van der Waals surface area contributed by atoms with Crippen molar-refractivity contribution in [2.75, 3.05) is 0 Å². The fourth-order valence-corrected chi connectivity index (χ4v) is 2.67. The lowest BCUT2D eigenvalue weighted by atomic mass is 10.1. The summed E-state index contributed by atoms with van der Waals surface area (Å²) in [5.41, 5.74) is -1.83. The lowest BCUT2D eigenvalue weighted by Gasteiger charge is -2.17. The minimum atomic E-state index is -0.678. The lowest BCUT2D eigenvalue weighted by molar-refractivity contribution is 0.627. The van der Waals surface area contributed by atoms with E-state index in [1.165, 1.54) is 20.2 Å². The Morgan fingerprint density at radius 1 is 1.08 bits per heavy atom. The number of aromatic nitrogens is 5. The maximum Gasteiger partial charge on any atom is 0.352 e. The molecule has 9 heteroatoms. The van der Waals surface area contributed by atoms with Gasteiger partial charge in [-0.1, -0.05) is 13.3 Å². The summed E-state index contributed by atoms with van der Waals surface area (Å²) < 4.78 is 3.41. The van der Waals surface area contributed by atoms with E-state index in [2.05, 4.69) is 9.97 Å². The maximum absolute atomic E-state index is 12.4. The van der Waals surface area contributed by atoms with E-state index in [-0.39, 0.29) is 22.4 Å². The van der Waals surface area contributed by atoms with Gasteiger partial charge in [0, 0.05) is 20.6 Å². The Morgan fingerprint density at radius 2 is 1.79 bits per heavy atom. The third-order valence-electron chi connectivity index (χ3n) is 4.13. The van der Waals surface area contributed by atoms with Gasteiger partial charge in [0.15, 0.2) is 5.82 Å². The zero-order valence-electron chi connectivity index (χ0n) is 13.6. The van der Waals surface area contributed by atoms with E-state index >= 15 is 0 Å². The van der Waals surface area contributed by atoms with Crippen molar-refractivity contribution in [3.05, 3.63) is 47.7 Å². The number of H-pyrrole nitrogens is 1. The number of fused-ring (bicyclic) bond motifs is 2. The highest BCUT2D eigenvalue weighted by Gasteiger charge is 2.20. The molecule has 0 aromatic carbocycles. The van der Waals surface area contributed by atoms with Gasteiger partial charge >= 0.3 is 11.4 Å². The summed E-state index contributed by atoms with van der Waals surface area (Å²) in [6.45, 7) is 2.41. The van der Waals surface area contributed by atoms with Gasteiger partial charge in [-0.25, -0.2) is 9.59 Å². The Bertz CT molecular complexity index is 1140. The minimum absolute atomic E-state index is 0.171. The number of aromatic amines is 1. The molecule has 0 spiro atoms. The zero-order chi connectivity index (χ0) is 17.6. The molecule has 3 heterocycles. The van der Waals surface area contributed by atoms with Crippen molar-refractivity contribution in [1.82, 2.24) is 23.7 Å². The van der Waals surface area contributed by atoms with Crippen molar-refractivity contribution >= 4 is 11.0 Å². The van der Waals surface area contributed by atoms with Gasteiger partial charge < -0.3 is 4.57 Å². The van der Waals surface area contributed by atoms with E-state index in [9.17, 15) is 19.2 Å². The third-order valence-corrected chi connectivity index (χ3v) is 4.13. The Kier molecular flexibility index (Phi) is 3.70. The first-order chi connectivity index (χ1) is 11.4. The highest BCUT2D eigenvalue weighted by atomic mass is 16.2. The van der Waals surface area contributed by atoms with Gasteiger partial charge in [0.05, 0.1) is 10.9 Å². The standard InChI is InChI=1S/C15H17N5O4/c1-4-5-6-20-10-8(12(21)18(2)14(23)16-10)7-9-11(20)17-15(24)19(3)13(9)22/h7H,4-6H2,1-3H3,(H,16,23). The smallest absolute Gasteiger partial charge is 0.311 e. The molecular weight excluding hydrogens is 314 g/mol. The number of hydrogen-bond acceptors (Lipinski definition) is 5. The monoisotopic (exact) mass is 331 g/mol. The fourth-order valence-electron chi connectivity index (χ4n) is 2.67. The molecule has 126 valence electrons. The van der Waals surface area contributed by atoms with Crippen molar-refractivity contribution in [2.45, 2.75) is 26.3 Å². The molecule has 24 heavy (non-hydrogen) atoms. The number of pyridine rings is 1. The number of hydrogen-bond donors (Lipinski definition) is 1. The fraction of sp³-hybridized carbons (Fsp3) is 0.400. The Balaban J connectivity index is 2.61. The minimum Gasteiger partial charge on any atom is -0.311 e. The van der Waals surface area contributed by atoms with Gasteiger partial charge in [-0.3, -0.25) is 23.7 Å². The average Bonchev–Trinajstić information content (AvgIpc) is 2.56. The molecule has 2 aliphatic heterocycles. The molecule has 1 aromatic heterocycles. The van der Waals surface area contributed by atoms with Crippen LogP contribution < -0.4 is 22.5 Å². The summed E-state index contributed by atoms with van der Waals surface area (Å²) in [5, 5.41) is 0.207. The van der Waals surface area contributed by atoms with Gasteiger partial charge in [0.25, 0.3) is 11.1 Å². The molecule has 0 aliphatic carbocycles. The lowest BCUT2D eigenvalue weighted by Crippen LogP contribution is -2.38. The van der Waals surface area contributed by atoms with E-state index in [0.29, 0.717) is 6.54 Å². The van der Waals surface area contributed by atoms with Crippen LogP contribution in [0.15, 0.2) is 25.2 Å². The first-order valence-electron chi connectivity index (χ1n) is 7.60. The predicted molar refractivity (Wildman–Crippen MR) is 88.6 cm³/mol. The quantitative estimate of drug-likeness (QED) is 0.643. The van der Waals surface area contributed by atoms with Gasteiger partial charge in [-0.2, -0.15) is 4.98 Å². The summed E-state index contributed by atoms with van der Waals surface area (Å²) in [6.07, 6.45) is 1.59. The first-order valence-corrected chi connectivity index (χ1v) is 7.60. The van der Waals surface area contributed by atoms with Crippen LogP contribution >= 0.6 is 0 Å². The molecule has 0 amide bonds. The summed E-state index contributed by atoms with van der Waals surface area (Å²) in [7, 11) is 2.70. The van der Waals surface area contributed by atoms with Crippen LogP contribution in [-0.4, -0.2) is 23.7 Å². The molecule has 2 aliphatic rings. The van der Waals surface area contributed by atoms with Crippen LogP contribution in [0.1, 0.15) is 19.8 Å². The molecule has 0 radical (unpaired) electrons. The maximum atomic E-state index is 12.4. The molecule has 0 fully saturated rings. The highest BCUT2D eigenvalue weighted by Crippen LogP contribution is 2.20. The molecule has 0 bridgehead atoms. The highest BCUT2D eigenvalue weighted by molar-refractivity contribution is 5.81. The first kappa shape index (κ1) is 15.9. The van der Waals surface area contributed by atoms with Crippen LogP contribution in [0.5, 0.6) is 0 Å². The Morgan fingerprint density at radius 3 is 2.46 bits per heavy atom. The normalized spacial score (nSPS) is 11.5. The van der Waals surface area contributed by atoms with Crippen LogP contribution in [-0.2, 0) is 20.6 Å². The second-order valence-electron chi connectivity index (χ2n) is 5.70. The number of aryl methyl sites for hydroxylation is 1. The zero-order valence-corrected chi connectivity index (χ0v) is 13.6. The SMILES string of the molecule is CCCCn1c2nc(=O)n(C)c(=O)c-2cc2c(=O)n(C)c(=O)[nH]c21. The number of nitrogens with one attached hydrogen (secondary N) is 1. The van der Waals surface area contributed by atoms with Crippen LogP contribution in [0.25, 0.3) is 22.4 Å². The molecular formula is C15H17N5O4. The summed E-state index contributed by atoms with van der Waals surface area (Å²) in [5.74, 6) is 0.174. The van der Waals surface area contributed by atoms with Gasteiger partial charge in [0.2, 0.25) is 0 Å². The molecule has 1 aromatic rings. The van der Waals surface area contributed by atoms with Crippen molar-refractivity contribution < 1.29 is 0 Å². The van der Waals surface area contributed by atoms with Crippen LogP contribution in [0.2, 0.25) is 0 Å². The van der Waals surface area contributed by atoms with Crippen molar-refractivity contribution in [1.29, 1.82) is 0 Å². The molecule has 0 saturated heterocycles. The van der Waals surface area contributed by atoms with E-state index in [1.54, 1.807) is 4.57 Å². The van der Waals surface area contributed by atoms with Crippen LogP contribution in [0.4, 0.5) is 0 Å². The van der Waals surface area contributed by atoms with E-state index in [1.807, 2.05) is 6.92 Å². The topological polar surface area (TPSA) is 112 Å². The summed E-state index contributed by atoms with van der Waals surface area (Å²) >= 11 is 0. The number of nitrogens with zero attached hydrogens (tertiary/aromatic N) is 4. The molecule has 0 atom stereocenters. The predicted octanol–water partition coefficient (Wildman–Crippen LogP) is -0.613. The molecule has 9 nitrogen and oxygen atoms in total. The van der Waals surface area contributed by atoms with E-state index in [4.69, 9.17) is 0 Å². The Hall–Kier alpha value is -2.97. The van der Waals surface area contributed by atoms with Crippen molar-refractivity contribution in [2.24, 2.45) is 14.1 Å².